The van der Waals surface area contributed by atoms with Crippen molar-refractivity contribution in [2.24, 2.45) is 0 Å². The second-order valence-corrected chi connectivity index (χ2v) is 4.36. The van der Waals surface area contributed by atoms with Crippen LogP contribution in [0.15, 0.2) is 36.5 Å². The molecule has 0 spiro atoms. The molecule has 0 fully saturated rings. The van der Waals surface area contributed by atoms with Gasteiger partial charge in [-0.15, -0.1) is 0 Å². The lowest BCUT2D eigenvalue weighted by Crippen LogP contribution is -2.03. The van der Waals surface area contributed by atoms with Crippen molar-refractivity contribution in [1.29, 1.82) is 0 Å². The molecule has 1 N–H and O–H groups in total. The van der Waals surface area contributed by atoms with E-state index < -0.39 is 0 Å². The van der Waals surface area contributed by atoms with Crippen LogP contribution < -0.4 is 0 Å². The summed E-state index contributed by atoms with van der Waals surface area (Å²) in [7, 11) is 0. The molecular formula is C12H11Cl2NO. The van der Waals surface area contributed by atoms with Crippen LogP contribution in [0.3, 0.4) is 0 Å². The summed E-state index contributed by atoms with van der Waals surface area (Å²) in [5.41, 5.74) is 1.85. The van der Waals surface area contributed by atoms with Crippen molar-refractivity contribution >= 4 is 23.2 Å². The molecule has 0 aliphatic heterocycles. The van der Waals surface area contributed by atoms with Crippen LogP contribution in [0.4, 0.5) is 0 Å². The zero-order chi connectivity index (χ0) is 11.5. The molecule has 1 heterocycles. The SMILES string of the molecule is OCc1cccn1Cc1ccc(Cl)cc1Cl. The van der Waals surface area contributed by atoms with E-state index in [0.717, 1.165) is 11.3 Å². The highest BCUT2D eigenvalue weighted by Gasteiger charge is 2.04. The number of hydrogen-bond acceptors (Lipinski definition) is 1. The van der Waals surface area contributed by atoms with E-state index in [1.807, 2.05) is 35.0 Å². The van der Waals surface area contributed by atoms with Gasteiger partial charge in [0.25, 0.3) is 0 Å². The van der Waals surface area contributed by atoms with E-state index >= 15 is 0 Å². The van der Waals surface area contributed by atoms with E-state index in [-0.39, 0.29) is 6.61 Å². The van der Waals surface area contributed by atoms with Crippen LogP contribution >= 0.6 is 23.2 Å². The third-order valence-corrected chi connectivity index (χ3v) is 3.03. The normalized spacial score (nSPS) is 10.7. The van der Waals surface area contributed by atoms with Crippen molar-refractivity contribution in [3.05, 3.63) is 57.8 Å². The maximum Gasteiger partial charge on any atom is 0.0832 e. The maximum atomic E-state index is 9.12. The first-order valence-corrected chi connectivity index (χ1v) is 5.65. The number of aliphatic hydroxyl groups is 1. The Morgan fingerprint density at radius 1 is 1.19 bits per heavy atom. The second kappa shape index (κ2) is 4.91. The van der Waals surface area contributed by atoms with Gasteiger partial charge in [-0.25, -0.2) is 0 Å². The van der Waals surface area contributed by atoms with Crippen molar-refractivity contribution in [1.82, 2.24) is 4.57 Å². The van der Waals surface area contributed by atoms with Crippen LogP contribution in [0, 0.1) is 0 Å². The van der Waals surface area contributed by atoms with Gasteiger partial charge in [0.05, 0.1) is 6.61 Å². The number of aliphatic hydroxyl groups excluding tert-OH is 1. The summed E-state index contributed by atoms with van der Waals surface area (Å²) in [4.78, 5) is 0. The van der Waals surface area contributed by atoms with Gasteiger partial charge in [-0.05, 0) is 29.8 Å². The highest BCUT2D eigenvalue weighted by Crippen LogP contribution is 2.22. The Bertz CT molecular complexity index is 494. The molecule has 0 saturated heterocycles. The molecule has 2 rings (SSSR count). The number of rotatable bonds is 3. The Morgan fingerprint density at radius 3 is 2.69 bits per heavy atom. The zero-order valence-electron chi connectivity index (χ0n) is 8.53. The fraction of sp³-hybridized carbons (Fsp3) is 0.167. The minimum absolute atomic E-state index is 0.0260. The number of nitrogens with zero attached hydrogens (tertiary/aromatic N) is 1. The summed E-state index contributed by atoms with van der Waals surface area (Å²) in [5, 5.41) is 10.4. The molecule has 1 aromatic carbocycles. The van der Waals surface area contributed by atoms with Crippen molar-refractivity contribution in [3.63, 3.8) is 0 Å². The number of halogens is 2. The summed E-state index contributed by atoms with van der Waals surface area (Å²) in [5.74, 6) is 0. The van der Waals surface area contributed by atoms with Crippen LogP contribution in [0.25, 0.3) is 0 Å². The summed E-state index contributed by atoms with van der Waals surface area (Å²) < 4.78 is 1.95. The van der Waals surface area contributed by atoms with Crippen LogP contribution in [-0.4, -0.2) is 9.67 Å². The summed E-state index contributed by atoms with van der Waals surface area (Å²) in [6.07, 6.45) is 1.91. The molecule has 4 heteroatoms. The molecule has 1 aromatic heterocycles. The zero-order valence-corrected chi connectivity index (χ0v) is 10.0. The highest BCUT2D eigenvalue weighted by atomic mass is 35.5. The molecule has 84 valence electrons. The number of hydrogen-bond donors (Lipinski definition) is 1. The summed E-state index contributed by atoms with van der Waals surface area (Å²) in [6, 6.07) is 9.20. The predicted molar refractivity (Wildman–Crippen MR) is 65.9 cm³/mol. The minimum Gasteiger partial charge on any atom is -0.390 e. The molecule has 0 saturated carbocycles. The third kappa shape index (κ3) is 2.40. The second-order valence-electron chi connectivity index (χ2n) is 3.52. The molecule has 2 aromatic rings. The minimum atomic E-state index is 0.0260. The lowest BCUT2D eigenvalue weighted by Gasteiger charge is -2.09. The monoisotopic (exact) mass is 255 g/mol. The highest BCUT2D eigenvalue weighted by molar-refractivity contribution is 6.35. The Morgan fingerprint density at radius 2 is 2.00 bits per heavy atom. The molecule has 0 unspecified atom stereocenters. The summed E-state index contributed by atoms with van der Waals surface area (Å²) >= 11 is 11.9. The first-order valence-electron chi connectivity index (χ1n) is 4.89. The Kier molecular flexibility index (Phi) is 3.54. The Balaban J connectivity index is 2.27. The van der Waals surface area contributed by atoms with Gasteiger partial charge in [0, 0.05) is 28.5 Å². The molecule has 0 aliphatic carbocycles. The lowest BCUT2D eigenvalue weighted by molar-refractivity contribution is 0.271. The van der Waals surface area contributed by atoms with E-state index in [9.17, 15) is 0 Å². The van der Waals surface area contributed by atoms with E-state index in [1.165, 1.54) is 0 Å². The van der Waals surface area contributed by atoms with E-state index in [4.69, 9.17) is 28.3 Å². The van der Waals surface area contributed by atoms with E-state index in [2.05, 4.69) is 0 Å². The Labute approximate surface area is 104 Å². The largest absolute Gasteiger partial charge is 0.390 e. The van der Waals surface area contributed by atoms with Gasteiger partial charge >= 0.3 is 0 Å². The van der Waals surface area contributed by atoms with Crippen LogP contribution in [0.1, 0.15) is 11.3 Å². The van der Waals surface area contributed by atoms with Gasteiger partial charge in [0.2, 0.25) is 0 Å². The first-order chi connectivity index (χ1) is 7.70. The summed E-state index contributed by atoms with van der Waals surface area (Å²) in [6.45, 7) is 0.664. The topological polar surface area (TPSA) is 25.2 Å². The average Bonchev–Trinajstić information content (AvgIpc) is 2.69. The van der Waals surface area contributed by atoms with Crippen LogP contribution in [-0.2, 0) is 13.2 Å². The standard InChI is InChI=1S/C12H11Cl2NO/c13-10-4-3-9(12(14)6-10)7-15-5-1-2-11(15)8-16/h1-6,16H,7-8H2. The Hall–Kier alpha value is -0.960. The van der Waals surface area contributed by atoms with Crippen LogP contribution in [0.5, 0.6) is 0 Å². The van der Waals surface area contributed by atoms with Crippen molar-refractivity contribution in [3.8, 4) is 0 Å². The molecule has 0 atom stereocenters. The molecule has 0 amide bonds. The quantitative estimate of drug-likeness (QED) is 0.895. The van der Waals surface area contributed by atoms with Gasteiger partial charge in [0.15, 0.2) is 0 Å². The molecule has 0 radical (unpaired) electrons. The fourth-order valence-corrected chi connectivity index (χ4v) is 2.05. The lowest BCUT2D eigenvalue weighted by atomic mass is 10.2. The molecular weight excluding hydrogens is 245 g/mol. The number of benzene rings is 1. The van der Waals surface area contributed by atoms with Crippen molar-refractivity contribution in [2.75, 3.05) is 0 Å². The third-order valence-electron chi connectivity index (χ3n) is 2.44. The smallest absolute Gasteiger partial charge is 0.0832 e. The van der Waals surface area contributed by atoms with E-state index in [1.54, 1.807) is 6.07 Å². The average molecular weight is 256 g/mol. The van der Waals surface area contributed by atoms with Gasteiger partial charge < -0.3 is 9.67 Å². The molecule has 2 nitrogen and oxygen atoms in total. The van der Waals surface area contributed by atoms with E-state index in [0.29, 0.717) is 16.6 Å². The van der Waals surface area contributed by atoms with Crippen LogP contribution in [0.2, 0.25) is 10.0 Å². The molecule has 16 heavy (non-hydrogen) atoms. The molecule has 0 aliphatic rings. The van der Waals surface area contributed by atoms with Gasteiger partial charge in [-0.2, -0.15) is 0 Å². The number of aromatic nitrogens is 1. The predicted octanol–water partition coefficient (Wildman–Crippen LogP) is 3.34. The van der Waals surface area contributed by atoms with Gasteiger partial charge in [-0.1, -0.05) is 29.3 Å². The van der Waals surface area contributed by atoms with Gasteiger partial charge in [0.1, 0.15) is 0 Å². The van der Waals surface area contributed by atoms with Crippen molar-refractivity contribution < 1.29 is 5.11 Å². The van der Waals surface area contributed by atoms with Crippen molar-refractivity contribution in [2.45, 2.75) is 13.2 Å². The maximum absolute atomic E-state index is 9.12. The fourth-order valence-electron chi connectivity index (χ4n) is 1.58. The first kappa shape index (κ1) is 11.5. The van der Waals surface area contributed by atoms with Gasteiger partial charge in [-0.3, -0.25) is 0 Å². The molecule has 0 bridgehead atoms.